The molecule has 1 amide bonds. The summed E-state index contributed by atoms with van der Waals surface area (Å²) >= 11 is 0. The molecule has 0 bridgehead atoms. The van der Waals surface area contributed by atoms with E-state index in [1.165, 1.54) is 89.9 Å². The SMILES string of the molecule is O=C(C=CC=CCCCCCCCCCCCCCCCCCO)N1CCC[C@@H](O)C1. The van der Waals surface area contributed by atoms with Crippen LogP contribution in [0.1, 0.15) is 116 Å². The molecule has 1 aliphatic heterocycles. The summed E-state index contributed by atoms with van der Waals surface area (Å²) in [6.45, 7) is 1.58. The van der Waals surface area contributed by atoms with Crippen LogP contribution in [0, 0.1) is 0 Å². The smallest absolute Gasteiger partial charge is 0.246 e. The molecule has 0 aromatic heterocycles. The summed E-state index contributed by atoms with van der Waals surface area (Å²) in [4.78, 5) is 13.8. The molecule has 4 nitrogen and oxygen atoms in total. The monoisotopic (exact) mass is 435 g/mol. The lowest BCUT2D eigenvalue weighted by atomic mass is 10.0. The van der Waals surface area contributed by atoms with Gasteiger partial charge in [0.05, 0.1) is 6.10 Å². The minimum Gasteiger partial charge on any atom is -0.396 e. The number of likely N-dealkylation sites (tertiary alicyclic amines) is 1. The third-order valence-corrected chi connectivity index (χ3v) is 6.22. The maximum atomic E-state index is 12.0. The summed E-state index contributed by atoms with van der Waals surface area (Å²) in [6.07, 6.45) is 29.8. The fraction of sp³-hybridized carbons (Fsp3) is 0.815. The van der Waals surface area contributed by atoms with E-state index in [0.717, 1.165) is 32.2 Å². The molecule has 31 heavy (non-hydrogen) atoms. The van der Waals surface area contributed by atoms with Crippen molar-refractivity contribution in [2.45, 2.75) is 122 Å². The van der Waals surface area contributed by atoms with Crippen molar-refractivity contribution in [2.24, 2.45) is 0 Å². The number of piperidine rings is 1. The highest BCUT2D eigenvalue weighted by molar-refractivity contribution is 5.87. The lowest BCUT2D eigenvalue weighted by Gasteiger charge is -2.29. The molecular formula is C27H49NO3. The Hall–Kier alpha value is -1.13. The topological polar surface area (TPSA) is 60.8 Å². The van der Waals surface area contributed by atoms with Crippen LogP contribution in [0.4, 0.5) is 0 Å². The van der Waals surface area contributed by atoms with Crippen molar-refractivity contribution in [3.05, 3.63) is 24.3 Å². The van der Waals surface area contributed by atoms with Gasteiger partial charge in [0.2, 0.25) is 5.91 Å². The van der Waals surface area contributed by atoms with E-state index in [1.54, 1.807) is 11.0 Å². The Balaban J connectivity index is 1.80. The van der Waals surface area contributed by atoms with Crippen LogP contribution in [-0.2, 0) is 4.79 Å². The Bertz CT molecular complexity index is 475. The van der Waals surface area contributed by atoms with E-state index in [-0.39, 0.29) is 12.0 Å². The fourth-order valence-electron chi connectivity index (χ4n) is 4.25. The van der Waals surface area contributed by atoms with Gasteiger partial charge in [-0.15, -0.1) is 0 Å². The van der Waals surface area contributed by atoms with E-state index in [0.29, 0.717) is 13.2 Å². The average molecular weight is 436 g/mol. The number of aliphatic hydroxyl groups excluding tert-OH is 2. The molecule has 0 aliphatic carbocycles. The fourth-order valence-corrected chi connectivity index (χ4v) is 4.25. The van der Waals surface area contributed by atoms with Crippen molar-refractivity contribution < 1.29 is 15.0 Å². The molecule has 0 aromatic carbocycles. The lowest BCUT2D eigenvalue weighted by Crippen LogP contribution is -2.41. The van der Waals surface area contributed by atoms with Crippen LogP contribution in [0.3, 0.4) is 0 Å². The zero-order chi connectivity index (χ0) is 22.4. The van der Waals surface area contributed by atoms with Crippen molar-refractivity contribution in [1.82, 2.24) is 4.90 Å². The molecule has 0 aromatic rings. The number of hydrogen-bond donors (Lipinski definition) is 2. The first-order chi connectivity index (χ1) is 15.2. The highest BCUT2D eigenvalue weighted by atomic mass is 16.3. The van der Waals surface area contributed by atoms with Gasteiger partial charge in [0, 0.05) is 25.8 Å². The second-order valence-electron chi connectivity index (χ2n) is 9.18. The van der Waals surface area contributed by atoms with Crippen LogP contribution in [0.25, 0.3) is 0 Å². The Morgan fingerprint density at radius 3 is 1.81 bits per heavy atom. The van der Waals surface area contributed by atoms with Gasteiger partial charge in [0.15, 0.2) is 0 Å². The summed E-state index contributed by atoms with van der Waals surface area (Å²) in [7, 11) is 0. The van der Waals surface area contributed by atoms with Crippen LogP contribution < -0.4 is 0 Å². The number of unbranched alkanes of at least 4 members (excludes halogenated alkanes) is 15. The van der Waals surface area contributed by atoms with Crippen LogP contribution in [0.5, 0.6) is 0 Å². The van der Waals surface area contributed by atoms with Crippen molar-refractivity contribution >= 4 is 5.91 Å². The van der Waals surface area contributed by atoms with Gasteiger partial charge < -0.3 is 15.1 Å². The highest BCUT2D eigenvalue weighted by Gasteiger charge is 2.19. The predicted molar refractivity (Wildman–Crippen MR) is 131 cm³/mol. The summed E-state index contributed by atoms with van der Waals surface area (Å²) in [6, 6.07) is 0. The normalized spacial score (nSPS) is 17.2. The van der Waals surface area contributed by atoms with Crippen LogP contribution in [0.2, 0.25) is 0 Å². The van der Waals surface area contributed by atoms with E-state index in [2.05, 4.69) is 6.08 Å². The zero-order valence-electron chi connectivity index (χ0n) is 20.0. The maximum Gasteiger partial charge on any atom is 0.246 e. The first-order valence-corrected chi connectivity index (χ1v) is 13.1. The number of hydrogen-bond acceptors (Lipinski definition) is 3. The summed E-state index contributed by atoms with van der Waals surface area (Å²) in [5.41, 5.74) is 0. The number of aliphatic hydroxyl groups is 2. The summed E-state index contributed by atoms with van der Waals surface area (Å²) in [5.74, 6) is 0.0117. The molecule has 180 valence electrons. The number of carbonyl (C=O) groups excluding carboxylic acids is 1. The second kappa shape index (κ2) is 20.8. The van der Waals surface area contributed by atoms with Gasteiger partial charge >= 0.3 is 0 Å². The highest BCUT2D eigenvalue weighted by Crippen LogP contribution is 2.14. The molecular weight excluding hydrogens is 386 g/mol. The Kier molecular flexibility index (Phi) is 18.7. The standard InChI is InChI=1S/C27H49NO3/c29-24-19-17-15-13-11-9-7-5-3-1-2-4-6-8-10-12-14-16-18-22-27(31)28-23-20-21-26(30)25-28/h14,16,18,22,26,29-30H,1-13,15,17,19-21,23-25H2/t26-/m1/s1. The van der Waals surface area contributed by atoms with Gasteiger partial charge in [-0.25, -0.2) is 0 Å². The number of carbonyl (C=O) groups is 1. The molecule has 1 rings (SSSR count). The van der Waals surface area contributed by atoms with Gasteiger partial charge in [-0.1, -0.05) is 102 Å². The van der Waals surface area contributed by atoms with E-state index >= 15 is 0 Å². The predicted octanol–water partition coefficient (Wildman–Crippen LogP) is 6.32. The van der Waals surface area contributed by atoms with Gasteiger partial charge in [0.25, 0.3) is 0 Å². The molecule has 4 heteroatoms. The molecule has 1 aliphatic rings. The van der Waals surface area contributed by atoms with Gasteiger partial charge in [-0.2, -0.15) is 0 Å². The third kappa shape index (κ3) is 17.1. The minimum absolute atomic E-state index is 0.0117. The van der Waals surface area contributed by atoms with Crippen LogP contribution >= 0.6 is 0 Å². The number of allylic oxidation sites excluding steroid dienone is 3. The first-order valence-electron chi connectivity index (χ1n) is 13.1. The Labute approximate surface area is 191 Å². The van der Waals surface area contributed by atoms with Gasteiger partial charge in [-0.05, 0) is 32.1 Å². The quantitative estimate of drug-likeness (QED) is 0.142. The molecule has 2 N–H and O–H groups in total. The Morgan fingerprint density at radius 1 is 0.774 bits per heavy atom. The van der Waals surface area contributed by atoms with Crippen molar-refractivity contribution in [1.29, 1.82) is 0 Å². The number of β-amino-alcohol motifs (C(OH)–C–C–N with tert-alkyl or cyclic N) is 1. The van der Waals surface area contributed by atoms with Crippen molar-refractivity contribution in [3.63, 3.8) is 0 Å². The average Bonchev–Trinajstić information content (AvgIpc) is 2.77. The molecule has 1 saturated heterocycles. The first kappa shape index (κ1) is 27.9. The third-order valence-electron chi connectivity index (χ3n) is 6.22. The molecule has 0 spiro atoms. The summed E-state index contributed by atoms with van der Waals surface area (Å²) < 4.78 is 0. The van der Waals surface area contributed by atoms with E-state index in [1.807, 2.05) is 12.2 Å². The minimum atomic E-state index is -0.356. The molecule has 1 heterocycles. The lowest BCUT2D eigenvalue weighted by molar-refractivity contribution is -0.128. The molecule has 1 fully saturated rings. The van der Waals surface area contributed by atoms with Gasteiger partial charge in [0.1, 0.15) is 0 Å². The van der Waals surface area contributed by atoms with Crippen molar-refractivity contribution in [3.8, 4) is 0 Å². The molecule has 1 atom stereocenters. The number of amides is 1. The number of rotatable bonds is 19. The van der Waals surface area contributed by atoms with Crippen LogP contribution in [0.15, 0.2) is 24.3 Å². The van der Waals surface area contributed by atoms with E-state index in [9.17, 15) is 9.90 Å². The summed E-state index contributed by atoms with van der Waals surface area (Å²) in [5, 5.41) is 18.4. The van der Waals surface area contributed by atoms with Crippen molar-refractivity contribution in [2.75, 3.05) is 19.7 Å². The Morgan fingerprint density at radius 2 is 1.29 bits per heavy atom. The molecule has 0 saturated carbocycles. The van der Waals surface area contributed by atoms with Gasteiger partial charge in [-0.3, -0.25) is 4.79 Å². The largest absolute Gasteiger partial charge is 0.396 e. The molecule has 0 unspecified atom stereocenters. The zero-order valence-corrected chi connectivity index (χ0v) is 20.0. The number of nitrogens with zero attached hydrogens (tertiary/aromatic N) is 1. The molecule has 0 radical (unpaired) electrons. The maximum absolute atomic E-state index is 12.0. The second-order valence-corrected chi connectivity index (χ2v) is 9.18. The van der Waals surface area contributed by atoms with E-state index in [4.69, 9.17) is 5.11 Å². The van der Waals surface area contributed by atoms with Crippen LogP contribution in [-0.4, -0.2) is 46.8 Å². The van der Waals surface area contributed by atoms with E-state index < -0.39 is 0 Å².